The molecule has 0 aromatic heterocycles. The molecule has 0 saturated carbocycles. The maximum atomic E-state index is 6.66. The summed E-state index contributed by atoms with van der Waals surface area (Å²) in [4.78, 5) is 2.34. The zero-order valence-electron chi connectivity index (χ0n) is 14.8. The second-order valence-electron chi connectivity index (χ2n) is 6.72. The highest BCUT2D eigenvalue weighted by Crippen LogP contribution is 2.45. The van der Waals surface area contributed by atoms with Crippen molar-refractivity contribution in [3.05, 3.63) is 102 Å². The van der Waals surface area contributed by atoms with Crippen molar-refractivity contribution in [1.29, 1.82) is 0 Å². The lowest BCUT2D eigenvalue weighted by Gasteiger charge is -2.39. The van der Waals surface area contributed by atoms with Crippen molar-refractivity contribution in [2.24, 2.45) is 0 Å². The van der Waals surface area contributed by atoms with Gasteiger partial charge in [-0.05, 0) is 19.1 Å². The summed E-state index contributed by atoms with van der Waals surface area (Å²) in [6.07, 6.45) is -0.0432. The SMILES string of the molecule is Cc1ccc(N2CC(CCl)OC2(c2ccccc2)c2ccccc2)cc1. The smallest absolute Gasteiger partial charge is 0.194 e. The van der Waals surface area contributed by atoms with E-state index in [1.54, 1.807) is 0 Å². The summed E-state index contributed by atoms with van der Waals surface area (Å²) in [6.45, 7) is 2.85. The fraction of sp³-hybridized carbons (Fsp3) is 0.217. The second-order valence-corrected chi connectivity index (χ2v) is 7.02. The molecule has 26 heavy (non-hydrogen) atoms. The molecule has 0 aliphatic carbocycles. The van der Waals surface area contributed by atoms with Crippen molar-refractivity contribution in [1.82, 2.24) is 0 Å². The minimum Gasteiger partial charge on any atom is -0.341 e. The zero-order valence-corrected chi connectivity index (χ0v) is 15.6. The molecule has 3 aromatic carbocycles. The van der Waals surface area contributed by atoms with E-state index in [0.717, 1.165) is 23.4 Å². The van der Waals surface area contributed by atoms with Crippen LogP contribution in [-0.2, 0) is 10.5 Å². The molecule has 0 radical (unpaired) electrons. The summed E-state index contributed by atoms with van der Waals surface area (Å²) in [5.74, 6) is 0.462. The molecule has 0 bridgehead atoms. The number of benzene rings is 3. The molecule has 1 unspecified atom stereocenters. The molecule has 1 saturated heterocycles. The first-order valence-corrected chi connectivity index (χ1v) is 9.46. The number of hydrogen-bond acceptors (Lipinski definition) is 2. The number of halogens is 1. The molecule has 2 nitrogen and oxygen atoms in total. The molecule has 3 heteroatoms. The summed E-state index contributed by atoms with van der Waals surface area (Å²) in [6, 6.07) is 29.4. The summed E-state index contributed by atoms with van der Waals surface area (Å²) < 4.78 is 6.66. The predicted octanol–water partition coefficient (Wildman–Crippen LogP) is 5.34. The van der Waals surface area contributed by atoms with Gasteiger partial charge in [0.25, 0.3) is 0 Å². The Morgan fingerprint density at radius 2 is 1.42 bits per heavy atom. The molecular weight excluding hydrogens is 342 g/mol. The molecular formula is C23H22ClNO. The number of nitrogens with zero attached hydrogens (tertiary/aromatic N) is 1. The van der Waals surface area contributed by atoms with E-state index in [2.05, 4.69) is 84.6 Å². The molecule has 1 aliphatic rings. The maximum absolute atomic E-state index is 6.66. The molecule has 0 spiro atoms. The zero-order chi connectivity index (χ0) is 18.0. The average molecular weight is 364 g/mol. The van der Waals surface area contributed by atoms with Crippen LogP contribution in [0.1, 0.15) is 16.7 Å². The van der Waals surface area contributed by atoms with Crippen molar-refractivity contribution in [3.63, 3.8) is 0 Å². The van der Waals surface area contributed by atoms with E-state index in [9.17, 15) is 0 Å². The molecule has 1 heterocycles. The Bertz CT molecular complexity index is 809. The quantitative estimate of drug-likeness (QED) is 0.580. The van der Waals surface area contributed by atoms with Gasteiger partial charge >= 0.3 is 0 Å². The Morgan fingerprint density at radius 1 is 0.885 bits per heavy atom. The van der Waals surface area contributed by atoms with Gasteiger partial charge in [-0.1, -0.05) is 78.4 Å². The van der Waals surface area contributed by atoms with Crippen LogP contribution in [0.4, 0.5) is 5.69 Å². The monoisotopic (exact) mass is 363 g/mol. The third kappa shape index (κ3) is 2.90. The maximum Gasteiger partial charge on any atom is 0.194 e. The number of hydrogen-bond donors (Lipinski definition) is 0. The van der Waals surface area contributed by atoms with Gasteiger partial charge in [-0.3, -0.25) is 0 Å². The molecule has 0 amide bonds. The van der Waals surface area contributed by atoms with E-state index >= 15 is 0 Å². The van der Waals surface area contributed by atoms with E-state index in [1.165, 1.54) is 5.56 Å². The highest BCUT2D eigenvalue weighted by Gasteiger charge is 2.49. The fourth-order valence-corrected chi connectivity index (χ4v) is 3.87. The third-order valence-electron chi connectivity index (χ3n) is 4.95. The van der Waals surface area contributed by atoms with Gasteiger partial charge in [0.2, 0.25) is 0 Å². The summed E-state index contributed by atoms with van der Waals surface area (Å²) in [7, 11) is 0. The highest BCUT2D eigenvalue weighted by molar-refractivity contribution is 6.18. The van der Waals surface area contributed by atoms with Crippen molar-refractivity contribution in [2.45, 2.75) is 18.8 Å². The van der Waals surface area contributed by atoms with Crippen LogP contribution in [0.3, 0.4) is 0 Å². The van der Waals surface area contributed by atoms with E-state index in [4.69, 9.17) is 16.3 Å². The lowest BCUT2D eigenvalue weighted by molar-refractivity contribution is -0.00422. The van der Waals surface area contributed by atoms with Crippen LogP contribution in [0.25, 0.3) is 0 Å². The van der Waals surface area contributed by atoms with Gasteiger partial charge in [0.15, 0.2) is 5.72 Å². The second kappa shape index (κ2) is 7.14. The lowest BCUT2D eigenvalue weighted by atomic mass is 9.92. The Balaban J connectivity index is 1.93. The first-order chi connectivity index (χ1) is 12.7. The Labute approximate surface area is 160 Å². The predicted molar refractivity (Wildman–Crippen MR) is 108 cm³/mol. The van der Waals surface area contributed by atoms with Gasteiger partial charge in [0.05, 0.1) is 12.0 Å². The van der Waals surface area contributed by atoms with Gasteiger partial charge in [-0.15, -0.1) is 11.6 Å². The lowest BCUT2D eigenvalue weighted by Crippen LogP contribution is -2.43. The molecule has 0 N–H and O–H groups in total. The van der Waals surface area contributed by atoms with E-state index < -0.39 is 5.72 Å². The average Bonchev–Trinajstić information content (AvgIpc) is 3.11. The summed E-state index contributed by atoms with van der Waals surface area (Å²) in [5, 5.41) is 0. The summed E-state index contributed by atoms with van der Waals surface area (Å²) >= 11 is 6.24. The molecule has 1 aliphatic heterocycles. The highest BCUT2D eigenvalue weighted by atomic mass is 35.5. The Morgan fingerprint density at radius 3 is 1.92 bits per heavy atom. The van der Waals surface area contributed by atoms with Crippen LogP contribution in [-0.4, -0.2) is 18.5 Å². The fourth-order valence-electron chi connectivity index (χ4n) is 3.71. The van der Waals surface area contributed by atoms with Crippen LogP contribution in [0, 0.1) is 6.92 Å². The van der Waals surface area contributed by atoms with Gasteiger partial charge in [-0.25, -0.2) is 0 Å². The first kappa shape index (κ1) is 17.1. The van der Waals surface area contributed by atoms with Gasteiger partial charge < -0.3 is 9.64 Å². The topological polar surface area (TPSA) is 12.5 Å². The van der Waals surface area contributed by atoms with Crippen LogP contribution in [0.15, 0.2) is 84.9 Å². The van der Waals surface area contributed by atoms with Crippen LogP contribution in [0.2, 0.25) is 0 Å². The third-order valence-corrected chi connectivity index (χ3v) is 5.30. The van der Waals surface area contributed by atoms with Gasteiger partial charge in [0, 0.05) is 23.4 Å². The number of alkyl halides is 1. The standard InChI is InChI=1S/C23H22ClNO/c1-18-12-14-21(15-13-18)25-17-22(16-24)26-23(25,19-8-4-2-5-9-19)20-10-6-3-7-11-20/h2-15,22H,16-17H2,1H3. The number of aryl methyl sites for hydroxylation is 1. The van der Waals surface area contributed by atoms with Gasteiger partial charge in [0.1, 0.15) is 0 Å². The molecule has 1 atom stereocenters. The van der Waals surface area contributed by atoms with E-state index in [1.807, 2.05) is 12.1 Å². The number of ether oxygens (including phenoxy) is 1. The normalized spacial score (nSPS) is 18.8. The molecule has 1 fully saturated rings. The molecule has 3 aromatic rings. The van der Waals surface area contributed by atoms with Crippen molar-refractivity contribution in [3.8, 4) is 0 Å². The molecule has 4 rings (SSSR count). The first-order valence-electron chi connectivity index (χ1n) is 8.93. The Hall–Kier alpha value is -2.29. The van der Waals surface area contributed by atoms with Crippen LogP contribution in [0.5, 0.6) is 0 Å². The van der Waals surface area contributed by atoms with E-state index in [-0.39, 0.29) is 6.10 Å². The van der Waals surface area contributed by atoms with Crippen molar-refractivity contribution in [2.75, 3.05) is 17.3 Å². The Kier molecular flexibility index (Phi) is 4.71. The molecule has 132 valence electrons. The largest absolute Gasteiger partial charge is 0.341 e. The summed E-state index contributed by atoms with van der Waals surface area (Å²) in [5.41, 5.74) is 3.92. The van der Waals surface area contributed by atoms with Crippen LogP contribution < -0.4 is 4.90 Å². The van der Waals surface area contributed by atoms with Crippen molar-refractivity contribution < 1.29 is 4.74 Å². The van der Waals surface area contributed by atoms with Crippen LogP contribution >= 0.6 is 11.6 Å². The van der Waals surface area contributed by atoms with Crippen molar-refractivity contribution >= 4 is 17.3 Å². The van der Waals surface area contributed by atoms with E-state index in [0.29, 0.717) is 5.88 Å². The van der Waals surface area contributed by atoms with Gasteiger partial charge in [-0.2, -0.15) is 0 Å². The number of anilines is 1. The minimum atomic E-state index is -0.683. The minimum absolute atomic E-state index is 0.0432. The number of rotatable bonds is 4.